The number of thiocarbonyl (C=S) groups is 1. The molecule has 3 N–H and O–H groups in total. The lowest BCUT2D eigenvalue weighted by Crippen LogP contribution is -2.21. The molecule has 0 amide bonds. The van der Waals surface area contributed by atoms with Gasteiger partial charge in [-0.25, -0.2) is 8.78 Å². The van der Waals surface area contributed by atoms with Crippen LogP contribution in [-0.2, 0) is 6.54 Å². The molecule has 0 aliphatic carbocycles. The van der Waals surface area contributed by atoms with Crippen LogP contribution in [0.3, 0.4) is 0 Å². The third kappa shape index (κ3) is 4.97. The Hall–Kier alpha value is -2.05. The fourth-order valence-corrected chi connectivity index (χ4v) is 2.58. The van der Waals surface area contributed by atoms with Crippen molar-refractivity contribution < 1.29 is 8.78 Å². The lowest BCUT2D eigenvalue weighted by Gasteiger charge is -2.17. The van der Waals surface area contributed by atoms with Crippen LogP contribution < -0.4 is 11.1 Å². The molecule has 2 aromatic rings. The van der Waals surface area contributed by atoms with Crippen LogP contribution in [0.5, 0.6) is 0 Å². The van der Waals surface area contributed by atoms with Crippen molar-refractivity contribution in [3.05, 3.63) is 65.2 Å². The Balaban J connectivity index is 1.80. The summed E-state index contributed by atoms with van der Waals surface area (Å²) in [7, 11) is 2.03. The number of benzene rings is 2. The average Bonchev–Trinajstić information content (AvgIpc) is 2.56. The van der Waals surface area contributed by atoms with E-state index in [1.54, 1.807) is 0 Å². The molecule has 2 rings (SSSR count). The van der Waals surface area contributed by atoms with Crippen molar-refractivity contribution in [2.24, 2.45) is 5.73 Å². The molecule has 0 radical (unpaired) electrons. The van der Waals surface area contributed by atoms with E-state index in [-0.39, 0.29) is 16.2 Å². The Morgan fingerprint density at radius 3 is 2.50 bits per heavy atom. The van der Waals surface area contributed by atoms with Gasteiger partial charge in [-0.3, -0.25) is 0 Å². The van der Waals surface area contributed by atoms with Crippen LogP contribution in [0.4, 0.5) is 14.5 Å². The summed E-state index contributed by atoms with van der Waals surface area (Å²) in [5, 5.41) is 2.91. The first-order valence-electron chi connectivity index (χ1n) is 7.73. The normalized spacial score (nSPS) is 10.8. The molecule has 0 bridgehead atoms. The van der Waals surface area contributed by atoms with Crippen molar-refractivity contribution in [2.45, 2.75) is 13.0 Å². The van der Waals surface area contributed by atoms with Gasteiger partial charge in [0, 0.05) is 18.7 Å². The molecule has 3 nitrogen and oxygen atoms in total. The van der Waals surface area contributed by atoms with Crippen LogP contribution >= 0.6 is 12.2 Å². The first-order valence-corrected chi connectivity index (χ1v) is 8.14. The molecular weight excluding hydrogens is 328 g/mol. The quantitative estimate of drug-likeness (QED) is 0.565. The molecule has 0 aliphatic rings. The predicted molar refractivity (Wildman–Crippen MR) is 98.1 cm³/mol. The molecule has 0 aliphatic heterocycles. The van der Waals surface area contributed by atoms with Gasteiger partial charge in [-0.05, 0) is 37.7 Å². The highest BCUT2D eigenvalue weighted by molar-refractivity contribution is 7.80. The maximum atomic E-state index is 13.9. The van der Waals surface area contributed by atoms with Crippen LogP contribution in [0.2, 0.25) is 0 Å². The summed E-state index contributed by atoms with van der Waals surface area (Å²) in [5.41, 5.74) is 6.65. The molecular formula is C18H21F2N3S. The summed E-state index contributed by atoms with van der Waals surface area (Å²) in [6, 6.07) is 13.0. The van der Waals surface area contributed by atoms with Crippen LogP contribution in [-0.4, -0.2) is 30.0 Å². The number of nitrogens with two attached hydrogens (primary N) is 1. The number of hydrogen-bond donors (Lipinski definition) is 2. The molecule has 0 unspecified atom stereocenters. The van der Waals surface area contributed by atoms with Crippen LogP contribution in [0, 0.1) is 11.6 Å². The summed E-state index contributed by atoms with van der Waals surface area (Å²) < 4.78 is 27.7. The van der Waals surface area contributed by atoms with Gasteiger partial charge in [0.05, 0.1) is 5.69 Å². The van der Waals surface area contributed by atoms with E-state index in [9.17, 15) is 8.78 Å². The minimum Gasteiger partial charge on any atom is -0.389 e. The second-order valence-electron chi connectivity index (χ2n) is 5.66. The zero-order valence-electron chi connectivity index (χ0n) is 13.6. The molecule has 0 heterocycles. The molecule has 0 saturated heterocycles. The van der Waals surface area contributed by atoms with E-state index in [4.69, 9.17) is 5.73 Å². The third-order valence-electron chi connectivity index (χ3n) is 3.68. The molecule has 6 heteroatoms. The minimum atomic E-state index is -1.01. The second-order valence-corrected chi connectivity index (χ2v) is 6.10. The van der Waals surface area contributed by atoms with Gasteiger partial charge < -0.3 is 16.0 Å². The molecule has 0 spiro atoms. The fraction of sp³-hybridized carbons (Fsp3) is 0.278. The van der Waals surface area contributed by atoms with E-state index in [1.165, 1.54) is 17.7 Å². The summed E-state index contributed by atoms with van der Waals surface area (Å²) in [5.74, 6) is -1.95. The smallest absolute Gasteiger partial charge is 0.182 e. The number of anilines is 1. The van der Waals surface area contributed by atoms with Gasteiger partial charge in [0.1, 0.15) is 4.99 Å². The summed E-state index contributed by atoms with van der Waals surface area (Å²) in [6.07, 6.45) is 0.807. The lowest BCUT2D eigenvalue weighted by molar-refractivity contribution is 0.325. The van der Waals surface area contributed by atoms with Crippen LogP contribution in [0.25, 0.3) is 0 Å². The molecule has 0 fully saturated rings. The summed E-state index contributed by atoms with van der Waals surface area (Å²) in [6.45, 7) is 2.24. The molecule has 0 saturated carbocycles. The fourth-order valence-electron chi connectivity index (χ4n) is 2.42. The second kappa shape index (κ2) is 8.70. The number of hydrogen-bond acceptors (Lipinski definition) is 3. The average molecular weight is 349 g/mol. The Labute approximate surface area is 146 Å². The van der Waals surface area contributed by atoms with Gasteiger partial charge in [0.25, 0.3) is 0 Å². The van der Waals surface area contributed by atoms with Gasteiger partial charge in [0.2, 0.25) is 0 Å². The SMILES string of the molecule is CN(CCCNc1ccc(C(N)=S)c(F)c1F)Cc1ccccc1. The minimum absolute atomic E-state index is 0.0735. The monoisotopic (exact) mass is 349 g/mol. The van der Waals surface area contributed by atoms with E-state index in [2.05, 4.69) is 34.6 Å². The Morgan fingerprint density at radius 1 is 1.12 bits per heavy atom. The van der Waals surface area contributed by atoms with Gasteiger partial charge in [0.15, 0.2) is 11.6 Å². The lowest BCUT2D eigenvalue weighted by atomic mass is 10.1. The largest absolute Gasteiger partial charge is 0.389 e. The Kier molecular flexibility index (Phi) is 6.63. The standard InChI is InChI=1S/C18H21F2N3S/c1-23(12-13-6-3-2-4-7-13)11-5-10-22-15-9-8-14(18(21)24)16(19)17(15)20/h2-4,6-9,22H,5,10-12H2,1H3,(H2,21,24). The topological polar surface area (TPSA) is 41.3 Å². The van der Waals surface area contributed by atoms with Crippen molar-refractivity contribution in [3.63, 3.8) is 0 Å². The first-order chi connectivity index (χ1) is 11.5. The highest BCUT2D eigenvalue weighted by Gasteiger charge is 2.14. The zero-order chi connectivity index (χ0) is 17.5. The van der Waals surface area contributed by atoms with E-state index < -0.39 is 11.6 Å². The Morgan fingerprint density at radius 2 is 1.83 bits per heavy atom. The zero-order valence-corrected chi connectivity index (χ0v) is 14.4. The number of rotatable bonds is 8. The maximum Gasteiger partial charge on any atom is 0.182 e. The van der Waals surface area contributed by atoms with Crippen molar-refractivity contribution in [2.75, 3.05) is 25.5 Å². The predicted octanol–water partition coefficient (Wildman–Crippen LogP) is 3.53. The van der Waals surface area contributed by atoms with Crippen molar-refractivity contribution in [1.29, 1.82) is 0 Å². The van der Waals surface area contributed by atoms with Gasteiger partial charge in [-0.15, -0.1) is 0 Å². The number of nitrogens with one attached hydrogen (secondary N) is 1. The van der Waals surface area contributed by atoms with Crippen molar-refractivity contribution in [3.8, 4) is 0 Å². The van der Waals surface area contributed by atoms with Gasteiger partial charge in [-0.2, -0.15) is 0 Å². The molecule has 0 aromatic heterocycles. The number of halogens is 2. The molecule has 24 heavy (non-hydrogen) atoms. The van der Waals surface area contributed by atoms with E-state index in [0.29, 0.717) is 6.54 Å². The van der Waals surface area contributed by atoms with E-state index >= 15 is 0 Å². The first kappa shape index (κ1) is 18.3. The molecule has 128 valence electrons. The summed E-state index contributed by atoms with van der Waals surface area (Å²) in [4.78, 5) is 2.03. The van der Waals surface area contributed by atoms with Crippen LogP contribution in [0.15, 0.2) is 42.5 Å². The maximum absolute atomic E-state index is 13.9. The van der Waals surface area contributed by atoms with Gasteiger partial charge >= 0.3 is 0 Å². The van der Waals surface area contributed by atoms with Gasteiger partial charge in [-0.1, -0.05) is 42.5 Å². The number of nitrogens with zero attached hydrogens (tertiary/aromatic N) is 1. The highest BCUT2D eigenvalue weighted by Crippen LogP contribution is 2.20. The third-order valence-corrected chi connectivity index (χ3v) is 3.90. The highest BCUT2D eigenvalue weighted by atomic mass is 32.1. The molecule has 0 atom stereocenters. The van der Waals surface area contributed by atoms with Crippen molar-refractivity contribution in [1.82, 2.24) is 4.90 Å². The Bertz CT molecular complexity index is 692. The molecule has 2 aromatic carbocycles. The van der Waals surface area contributed by atoms with E-state index in [0.717, 1.165) is 19.5 Å². The van der Waals surface area contributed by atoms with E-state index in [1.807, 2.05) is 25.2 Å². The van der Waals surface area contributed by atoms with Crippen molar-refractivity contribution >= 4 is 22.9 Å². The van der Waals surface area contributed by atoms with Crippen LogP contribution in [0.1, 0.15) is 17.5 Å². The summed E-state index contributed by atoms with van der Waals surface area (Å²) >= 11 is 4.69.